The molecule has 0 bridgehead atoms. The fourth-order valence-electron chi connectivity index (χ4n) is 3.33. The molecule has 13 heteroatoms. The molecular weight excluding hydrogens is 434 g/mol. The molecule has 1 aromatic carbocycles. The lowest BCUT2D eigenvalue weighted by Gasteiger charge is -2.19. The van der Waals surface area contributed by atoms with Crippen molar-refractivity contribution in [2.75, 3.05) is 11.9 Å². The van der Waals surface area contributed by atoms with Crippen LogP contribution in [0, 0.1) is 5.82 Å². The number of likely N-dealkylation sites (N-methyl/N-ethyl adjacent to an activating group) is 1. The molecule has 168 valence electrons. The predicted octanol–water partition coefficient (Wildman–Crippen LogP) is 1.85. The minimum absolute atomic E-state index is 0.0123. The number of anilines is 1. The SMILES string of the molecule is CN1C(=O)[C@@H](NC(=O)c2ncn(Cc3ccccc3F)n2)CCn2nc(C(F)(F)F)cc21. The smallest absolute Gasteiger partial charge is 0.337 e. The van der Waals surface area contributed by atoms with Crippen LogP contribution in [-0.2, 0) is 24.1 Å². The number of carbonyl (C=O) groups is 2. The number of amides is 2. The van der Waals surface area contributed by atoms with Gasteiger partial charge in [0.15, 0.2) is 5.69 Å². The Bertz CT molecular complexity index is 1170. The fraction of sp³-hybridized carbons (Fsp3) is 0.316. The Kier molecular flexibility index (Phi) is 5.40. The zero-order valence-corrected chi connectivity index (χ0v) is 16.7. The van der Waals surface area contributed by atoms with Gasteiger partial charge in [0, 0.05) is 25.2 Å². The Morgan fingerprint density at radius 3 is 2.72 bits per heavy atom. The van der Waals surface area contributed by atoms with Crippen molar-refractivity contribution in [2.45, 2.75) is 31.7 Å². The molecule has 0 unspecified atom stereocenters. The number of hydrogen-bond acceptors (Lipinski definition) is 5. The second-order valence-corrected chi connectivity index (χ2v) is 7.18. The molecule has 0 fully saturated rings. The summed E-state index contributed by atoms with van der Waals surface area (Å²) in [6.07, 6.45) is -3.35. The van der Waals surface area contributed by atoms with E-state index in [1.165, 1.54) is 24.1 Å². The molecule has 1 aliphatic rings. The number of hydrogen-bond donors (Lipinski definition) is 1. The second-order valence-electron chi connectivity index (χ2n) is 7.18. The van der Waals surface area contributed by atoms with Gasteiger partial charge >= 0.3 is 6.18 Å². The Morgan fingerprint density at radius 1 is 1.25 bits per heavy atom. The molecule has 2 aromatic heterocycles. The molecule has 1 aliphatic heterocycles. The van der Waals surface area contributed by atoms with Crippen molar-refractivity contribution in [3.63, 3.8) is 0 Å². The zero-order valence-electron chi connectivity index (χ0n) is 16.7. The van der Waals surface area contributed by atoms with Gasteiger partial charge in [0.1, 0.15) is 24.0 Å². The van der Waals surface area contributed by atoms with Crippen LogP contribution in [0.15, 0.2) is 36.7 Å². The van der Waals surface area contributed by atoms with Crippen LogP contribution in [-0.4, -0.2) is 49.4 Å². The van der Waals surface area contributed by atoms with Crippen molar-refractivity contribution in [2.24, 2.45) is 0 Å². The fourth-order valence-corrected chi connectivity index (χ4v) is 3.33. The van der Waals surface area contributed by atoms with E-state index >= 15 is 0 Å². The first-order valence-corrected chi connectivity index (χ1v) is 9.50. The highest BCUT2D eigenvalue weighted by molar-refractivity contribution is 6.00. The van der Waals surface area contributed by atoms with E-state index in [0.29, 0.717) is 5.56 Å². The maximum Gasteiger partial charge on any atom is 0.435 e. The summed E-state index contributed by atoms with van der Waals surface area (Å²) in [6.45, 7) is 0.0439. The number of aromatic nitrogens is 5. The molecule has 3 aromatic rings. The summed E-state index contributed by atoms with van der Waals surface area (Å²) in [5.41, 5.74) is -0.739. The van der Waals surface area contributed by atoms with Crippen LogP contribution in [0.2, 0.25) is 0 Å². The molecular formula is C19H17F4N7O2. The van der Waals surface area contributed by atoms with Crippen LogP contribution in [0.3, 0.4) is 0 Å². The Morgan fingerprint density at radius 2 is 2.00 bits per heavy atom. The topological polar surface area (TPSA) is 97.9 Å². The van der Waals surface area contributed by atoms with Gasteiger partial charge in [-0.2, -0.15) is 18.3 Å². The number of alkyl halides is 3. The van der Waals surface area contributed by atoms with Gasteiger partial charge in [0.05, 0.1) is 6.54 Å². The van der Waals surface area contributed by atoms with Gasteiger partial charge in [-0.25, -0.2) is 18.7 Å². The van der Waals surface area contributed by atoms with E-state index < -0.39 is 35.5 Å². The normalized spacial score (nSPS) is 16.6. The molecule has 2 amide bonds. The predicted molar refractivity (Wildman–Crippen MR) is 102 cm³/mol. The summed E-state index contributed by atoms with van der Waals surface area (Å²) < 4.78 is 54.9. The molecule has 3 heterocycles. The number of benzene rings is 1. The lowest BCUT2D eigenvalue weighted by atomic mass is 10.2. The number of fused-ring (bicyclic) bond motifs is 1. The van der Waals surface area contributed by atoms with Crippen LogP contribution < -0.4 is 10.2 Å². The molecule has 9 nitrogen and oxygen atoms in total. The van der Waals surface area contributed by atoms with Gasteiger partial charge < -0.3 is 5.32 Å². The Labute approximate surface area is 178 Å². The van der Waals surface area contributed by atoms with Crippen LogP contribution in [0.4, 0.5) is 23.4 Å². The zero-order chi connectivity index (χ0) is 23.0. The van der Waals surface area contributed by atoms with Crippen molar-refractivity contribution >= 4 is 17.6 Å². The van der Waals surface area contributed by atoms with Crippen molar-refractivity contribution < 1.29 is 27.2 Å². The van der Waals surface area contributed by atoms with Gasteiger partial charge in [-0.1, -0.05) is 18.2 Å². The maximum absolute atomic E-state index is 13.8. The molecule has 4 rings (SSSR count). The standard InChI is InChI=1S/C19H17F4N7O2/c1-28-15-8-14(19(21,22)23)26-30(15)7-6-13(18(28)32)25-17(31)16-24-10-29(27-16)9-11-4-2-3-5-12(11)20/h2-5,8,10,13H,6-7,9H2,1H3,(H,25,31)/t13-/m0/s1. The molecule has 0 aliphatic carbocycles. The van der Waals surface area contributed by atoms with Crippen LogP contribution in [0.1, 0.15) is 28.3 Å². The first-order valence-electron chi connectivity index (χ1n) is 9.50. The number of nitrogens with zero attached hydrogens (tertiary/aromatic N) is 6. The minimum Gasteiger partial charge on any atom is -0.337 e. The first-order chi connectivity index (χ1) is 15.1. The van der Waals surface area contributed by atoms with Crippen LogP contribution in [0.5, 0.6) is 0 Å². The van der Waals surface area contributed by atoms with Gasteiger partial charge in [-0.15, -0.1) is 5.10 Å². The largest absolute Gasteiger partial charge is 0.435 e. The molecule has 0 radical (unpaired) electrons. The monoisotopic (exact) mass is 451 g/mol. The number of halogens is 4. The number of rotatable bonds is 4. The average Bonchev–Trinajstić information content (AvgIpc) is 3.36. The molecule has 1 atom stereocenters. The van der Waals surface area contributed by atoms with Crippen molar-refractivity contribution in [3.8, 4) is 0 Å². The Balaban J connectivity index is 1.45. The summed E-state index contributed by atoms with van der Waals surface area (Å²) in [7, 11) is 1.31. The van der Waals surface area contributed by atoms with Crippen LogP contribution >= 0.6 is 0 Å². The summed E-state index contributed by atoms with van der Waals surface area (Å²) in [4.78, 5) is 30.2. The lowest BCUT2D eigenvalue weighted by molar-refractivity contribution is -0.141. The van der Waals surface area contributed by atoms with Gasteiger partial charge in [-0.05, 0) is 12.5 Å². The van der Waals surface area contributed by atoms with E-state index in [-0.39, 0.29) is 31.2 Å². The third-order valence-electron chi connectivity index (χ3n) is 4.99. The minimum atomic E-state index is -4.64. The quantitative estimate of drug-likeness (QED) is 0.611. The van der Waals surface area contributed by atoms with Crippen molar-refractivity contribution in [1.82, 2.24) is 29.9 Å². The van der Waals surface area contributed by atoms with Gasteiger partial charge in [-0.3, -0.25) is 14.5 Å². The molecule has 0 spiro atoms. The number of aryl methyl sites for hydroxylation is 1. The van der Waals surface area contributed by atoms with E-state index in [1.807, 2.05) is 0 Å². The molecule has 32 heavy (non-hydrogen) atoms. The van der Waals surface area contributed by atoms with E-state index in [0.717, 1.165) is 15.6 Å². The summed E-state index contributed by atoms with van der Waals surface area (Å²) in [5, 5.41) is 10.0. The van der Waals surface area contributed by atoms with E-state index in [4.69, 9.17) is 0 Å². The Hall–Kier alpha value is -3.77. The summed E-state index contributed by atoms with van der Waals surface area (Å²) >= 11 is 0. The molecule has 0 saturated carbocycles. The summed E-state index contributed by atoms with van der Waals surface area (Å²) in [6, 6.07) is 5.87. The lowest BCUT2D eigenvalue weighted by Crippen LogP contribution is -2.47. The third-order valence-corrected chi connectivity index (χ3v) is 4.99. The highest BCUT2D eigenvalue weighted by Gasteiger charge is 2.38. The average molecular weight is 451 g/mol. The van der Waals surface area contributed by atoms with Crippen molar-refractivity contribution in [1.29, 1.82) is 0 Å². The van der Waals surface area contributed by atoms with E-state index in [9.17, 15) is 27.2 Å². The number of nitrogens with one attached hydrogen (secondary N) is 1. The highest BCUT2D eigenvalue weighted by atomic mass is 19.4. The van der Waals surface area contributed by atoms with E-state index in [2.05, 4.69) is 20.5 Å². The third kappa shape index (κ3) is 4.18. The van der Waals surface area contributed by atoms with Crippen LogP contribution in [0.25, 0.3) is 0 Å². The van der Waals surface area contributed by atoms with Crippen molar-refractivity contribution in [3.05, 3.63) is 59.6 Å². The molecule has 0 saturated heterocycles. The molecule has 1 N–H and O–H groups in total. The van der Waals surface area contributed by atoms with Gasteiger partial charge in [0.25, 0.3) is 11.8 Å². The number of carbonyl (C=O) groups excluding carboxylic acids is 2. The first kappa shape index (κ1) is 21.5. The summed E-state index contributed by atoms with van der Waals surface area (Å²) in [5.74, 6) is -2.01. The highest BCUT2D eigenvalue weighted by Crippen LogP contribution is 2.32. The van der Waals surface area contributed by atoms with E-state index in [1.54, 1.807) is 18.2 Å². The maximum atomic E-state index is 13.8. The van der Waals surface area contributed by atoms with Gasteiger partial charge in [0.2, 0.25) is 5.82 Å². The second kappa shape index (κ2) is 8.05.